The molecule has 0 aromatic heterocycles. The summed E-state index contributed by atoms with van der Waals surface area (Å²) < 4.78 is 71.9. The van der Waals surface area contributed by atoms with Crippen LogP contribution in [0.3, 0.4) is 0 Å². The van der Waals surface area contributed by atoms with Crippen molar-refractivity contribution in [1.82, 2.24) is 0 Å². The van der Waals surface area contributed by atoms with Crippen LogP contribution in [0.25, 0.3) is 0 Å². The van der Waals surface area contributed by atoms with Crippen molar-refractivity contribution in [1.29, 1.82) is 0 Å². The molecule has 13 heteroatoms. The molecule has 4 fully saturated rings. The van der Waals surface area contributed by atoms with Crippen molar-refractivity contribution in [2.24, 2.45) is 0 Å². The molecular weight excluding hydrogens is 430 g/mol. The van der Waals surface area contributed by atoms with E-state index in [1.807, 2.05) is 0 Å². The third kappa shape index (κ3) is 3.34. The summed E-state index contributed by atoms with van der Waals surface area (Å²) in [5.74, 6) is -2.54. The minimum Gasteiger partial charge on any atom is -0.458 e. The Morgan fingerprint density at radius 3 is 2.59 bits per heavy atom. The fourth-order valence-corrected chi connectivity index (χ4v) is 8.10. The highest BCUT2D eigenvalue weighted by atomic mass is 32.2. The quantitative estimate of drug-likeness (QED) is 0.505. The lowest BCUT2D eigenvalue weighted by molar-refractivity contribution is -0.168. The smallest absolute Gasteiger partial charge is 0.458 e. The average Bonchev–Trinajstić information content (AvgIpc) is 3.17. The molecule has 1 spiro atoms. The first-order valence-corrected chi connectivity index (χ1v) is 11.5. The van der Waals surface area contributed by atoms with Crippen molar-refractivity contribution >= 4 is 45.6 Å². The molecule has 0 bridgehead atoms. The van der Waals surface area contributed by atoms with Crippen molar-refractivity contribution in [2.75, 3.05) is 0 Å². The Kier molecular flexibility index (Phi) is 4.69. The molecule has 4 aliphatic rings. The van der Waals surface area contributed by atoms with Gasteiger partial charge in [0.1, 0.15) is 23.7 Å². The summed E-state index contributed by atoms with van der Waals surface area (Å²) in [6, 6.07) is 0. The molecule has 0 aromatic carbocycles. The molecule has 4 atom stereocenters. The normalized spacial score (nSPS) is 41.3. The molecule has 0 aromatic rings. The second-order valence-electron chi connectivity index (χ2n) is 6.91. The molecular formula is C14H16F2O8S3. The van der Waals surface area contributed by atoms with E-state index in [-0.39, 0.29) is 52.2 Å². The molecule has 3 heterocycles. The first kappa shape index (κ1) is 19.7. The van der Waals surface area contributed by atoms with Gasteiger partial charge in [0.2, 0.25) is 0 Å². The zero-order valence-corrected chi connectivity index (χ0v) is 16.2. The number of thioether (sulfide) groups is 2. The van der Waals surface area contributed by atoms with Gasteiger partial charge in [0.15, 0.2) is 0 Å². The molecule has 0 amide bonds. The summed E-state index contributed by atoms with van der Waals surface area (Å²) in [5.41, 5.74) is -0.110. The molecule has 1 saturated carbocycles. The van der Waals surface area contributed by atoms with Crippen molar-refractivity contribution < 1.29 is 45.6 Å². The first-order chi connectivity index (χ1) is 12.5. The maximum atomic E-state index is 13.3. The van der Waals surface area contributed by atoms with E-state index >= 15 is 0 Å². The van der Waals surface area contributed by atoms with E-state index in [1.54, 1.807) is 23.5 Å². The number of ether oxygens (including phenoxy) is 3. The maximum absolute atomic E-state index is 13.3. The number of hydrogen-bond acceptors (Lipinski definition) is 9. The van der Waals surface area contributed by atoms with Gasteiger partial charge in [0.05, 0.1) is 15.7 Å². The number of rotatable bonds is 3. The predicted octanol–water partition coefficient (Wildman–Crippen LogP) is 1.54. The molecule has 4 rings (SSSR count). The standard InChI is InChI=1S/C14H16F2O8S3/c15-14(16,27(19,20)21)12(18)22-6-1-3-13(4-2-6)25-10-9-7(5-8(17)24-9)23-11(10)26-13/h6-7,9-11H,1-5H2,(H,19,20,21). The predicted molar refractivity (Wildman–Crippen MR) is 89.7 cm³/mol. The van der Waals surface area contributed by atoms with Gasteiger partial charge in [-0.3, -0.25) is 9.35 Å². The maximum Gasteiger partial charge on any atom is 0.465 e. The Morgan fingerprint density at radius 2 is 1.96 bits per heavy atom. The SMILES string of the molecule is O=C1CC2OC3SC4(CCC(OC(=O)C(F)(F)S(=O)(=O)O)CC4)SC3C2O1. The van der Waals surface area contributed by atoms with Gasteiger partial charge in [-0.2, -0.15) is 17.2 Å². The van der Waals surface area contributed by atoms with Crippen LogP contribution in [0.2, 0.25) is 0 Å². The topological polar surface area (TPSA) is 116 Å². The lowest BCUT2D eigenvalue weighted by Crippen LogP contribution is -2.42. The van der Waals surface area contributed by atoms with Crippen LogP contribution >= 0.6 is 23.5 Å². The molecule has 1 N–H and O–H groups in total. The molecule has 27 heavy (non-hydrogen) atoms. The minimum atomic E-state index is -5.87. The number of fused-ring (bicyclic) bond motifs is 3. The van der Waals surface area contributed by atoms with E-state index in [1.165, 1.54) is 0 Å². The van der Waals surface area contributed by atoms with Gasteiger partial charge in [-0.25, -0.2) is 4.79 Å². The van der Waals surface area contributed by atoms with Crippen molar-refractivity contribution in [3.05, 3.63) is 0 Å². The van der Waals surface area contributed by atoms with Crippen LogP contribution in [0.1, 0.15) is 32.1 Å². The van der Waals surface area contributed by atoms with Crippen LogP contribution in [0.15, 0.2) is 0 Å². The largest absolute Gasteiger partial charge is 0.465 e. The van der Waals surface area contributed by atoms with Crippen LogP contribution in [-0.2, 0) is 33.9 Å². The Labute approximate surface area is 161 Å². The van der Waals surface area contributed by atoms with Crippen molar-refractivity contribution in [3.8, 4) is 0 Å². The average molecular weight is 446 g/mol. The van der Waals surface area contributed by atoms with Gasteiger partial charge in [-0.05, 0) is 25.7 Å². The summed E-state index contributed by atoms with van der Waals surface area (Å²) in [5, 5.41) is -4.97. The van der Waals surface area contributed by atoms with E-state index < -0.39 is 27.4 Å². The molecule has 4 unspecified atom stereocenters. The third-order valence-corrected chi connectivity index (χ3v) is 9.78. The van der Waals surface area contributed by atoms with Crippen LogP contribution in [0.4, 0.5) is 8.78 Å². The number of carbonyl (C=O) groups is 2. The van der Waals surface area contributed by atoms with Gasteiger partial charge < -0.3 is 14.2 Å². The number of esters is 2. The van der Waals surface area contributed by atoms with Crippen LogP contribution in [-0.4, -0.2) is 63.2 Å². The van der Waals surface area contributed by atoms with Crippen molar-refractivity contribution in [2.45, 2.75) is 70.4 Å². The van der Waals surface area contributed by atoms with E-state index in [0.717, 1.165) is 0 Å². The van der Waals surface area contributed by atoms with Gasteiger partial charge >= 0.3 is 27.3 Å². The van der Waals surface area contributed by atoms with Crippen molar-refractivity contribution in [3.63, 3.8) is 0 Å². The van der Waals surface area contributed by atoms with E-state index in [0.29, 0.717) is 12.8 Å². The highest BCUT2D eigenvalue weighted by Crippen LogP contribution is 2.63. The summed E-state index contributed by atoms with van der Waals surface area (Å²) >= 11 is 3.27. The molecule has 3 saturated heterocycles. The lowest BCUT2D eigenvalue weighted by atomic mass is 9.96. The highest BCUT2D eigenvalue weighted by Gasteiger charge is 2.61. The lowest BCUT2D eigenvalue weighted by Gasteiger charge is -2.36. The molecule has 0 radical (unpaired) electrons. The van der Waals surface area contributed by atoms with Gasteiger partial charge in [-0.1, -0.05) is 0 Å². The number of hydrogen-bond donors (Lipinski definition) is 1. The molecule has 152 valence electrons. The Balaban J connectivity index is 1.34. The van der Waals surface area contributed by atoms with Crippen LogP contribution in [0, 0.1) is 0 Å². The Morgan fingerprint density at radius 1 is 1.30 bits per heavy atom. The zero-order chi connectivity index (χ0) is 19.6. The summed E-state index contributed by atoms with van der Waals surface area (Å²) in [4.78, 5) is 22.8. The van der Waals surface area contributed by atoms with E-state index in [9.17, 15) is 26.8 Å². The Hall–Kier alpha value is -0.630. The highest BCUT2D eigenvalue weighted by molar-refractivity contribution is 8.22. The molecule has 8 nitrogen and oxygen atoms in total. The summed E-state index contributed by atoms with van der Waals surface area (Å²) in [6.07, 6.45) is 0.551. The molecule has 1 aliphatic carbocycles. The zero-order valence-electron chi connectivity index (χ0n) is 13.7. The fourth-order valence-electron chi connectivity index (χ4n) is 3.78. The summed E-state index contributed by atoms with van der Waals surface area (Å²) in [6.45, 7) is 0. The third-order valence-electron chi connectivity index (χ3n) is 5.11. The number of alkyl halides is 2. The number of halogens is 2. The van der Waals surface area contributed by atoms with Crippen LogP contribution < -0.4 is 0 Å². The van der Waals surface area contributed by atoms with Gasteiger partial charge in [0.25, 0.3) is 0 Å². The van der Waals surface area contributed by atoms with E-state index in [4.69, 9.17) is 14.0 Å². The Bertz CT molecular complexity index is 764. The van der Waals surface area contributed by atoms with Gasteiger partial charge in [0, 0.05) is 0 Å². The van der Waals surface area contributed by atoms with Gasteiger partial charge in [-0.15, -0.1) is 23.5 Å². The molecule has 3 aliphatic heterocycles. The minimum absolute atomic E-state index is 0.00872. The second kappa shape index (κ2) is 6.44. The first-order valence-electron chi connectivity index (χ1n) is 8.27. The second-order valence-corrected chi connectivity index (χ2v) is 11.7. The fraction of sp³-hybridized carbons (Fsp3) is 0.857. The van der Waals surface area contributed by atoms with Crippen LogP contribution in [0.5, 0.6) is 0 Å². The number of carbonyl (C=O) groups excluding carboxylic acids is 2. The summed E-state index contributed by atoms with van der Waals surface area (Å²) in [7, 11) is -5.87. The monoisotopic (exact) mass is 446 g/mol. The van der Waals surface area contributed by atoms with E-state index in [2.05, 4.69) is 4.74 Å².